The van der Waals surface area contributed by atoms with Gasteiger partial charge in [0.2, 0.25) is 6.10 Å². The Hall–Kier alpha value is -3.08. The highest BCUT2D eigenvalue weighted by atomic mass is 16.6. The third-order valence-electron chi connectivity index (χ3n) is 4.76. The molecular weight excluding hydrogens is 356 g/mol. The van der Waals surface area contributed by atoms with Crippen LogP contribution in [-0.4, -0.2) is 13.1 Å². The Balaban J connectivity index is 2.04. The van der Waals surface area contributed by atoms with Crippen molar-refractivity contribution in [1.29, 1.82) is 0 Å². The molecule has 0 saturated carbocycles. The Kier molecular flexibility index (Phi) is 6.14. The van der Waals surface area contributed by atoms with Gasteiger partial charge in [0.05, 0.1) is 7.11 Å². The van der Waals surface area contributed by atoms with Crippen LogP contribution in [-0.2, 0) is 16.0 Å². The zero-order valence-electron chi connectivity index (χ0n) is 16.4. The number of aryl methyl sites for hydroxylation is 2. The standard InChI is InChI=1S/C23H24O5/c1-4-5-9-17-14-20(24)28-21-15(2)19(13-12-18(17)21)27-22(23(25)26-3)16-10-7-6-8-11-16/h6-8,10-14,22H,4-5,9H2,1-3H3. The number of rotatable bonds is 7. The number of hydrogen-bond acceptors (Lipinski definition) is 5. The summed E-state index contributed by atoms with van der Waals surface area (Å²) in [6, 6.07) is 14.4. The normalized spacial score (nSPS) is 12.0. The van der Waals surface area contributed by atoms with E-state index in [9.17, 15) is 9.59 Å². The molecule has 3 rings (SSSR count). The average Bonchev–Trinajstić information content (AvgIpc) is 2.72. The molecule has 1 atom stereocenters. The Morgan fingerprint density at radius 3 is 2.57 bits per heavy atom. The number of carbonyl (C=O) groups excluding carboxylic acids is 1. The number of fused-ring (bicyclic) bond motifs is 1. The maximum absolute atomic E-state index is 12.3. The van der Waals surface area contributed by atoms with Gasteiger partial charge in [0.15, 0.2) is 0 Å². The van der Waals surface area contributed by atoms with Crippen molar-refractivity contribution in [2.24, 2.45) is 0 Å². The first-order valence-corrected chi connectivity index (χ1v) is 9.41. The first-order chi connectivity index (χ1) is 13.5. The lowest BCUT2D eigenvalue weighted by Crippen LogP contribution is -2.20. The number of carbonyl (C=O) groups is 1. The minimum Gasteiger partial charge on any atom is -0.474 e. The SMILES string of the molecule is CCCCc1cc(=O)oc2c(C)c(OC(C(=O)OC)c3ccccc3)ccc12. The number of benzene rings is 2. The molecule has 0 aliphatic heterocycles. The van der Waals surface area contributed by atoms with Crippen molar-refractivity contribution in [3.8, 4) is 5.75 Å². The van der Waals surface area contributed by atoms with Gasteiger partial charge in [-0.1, -0.05) is 43.7 Å². The third-order valence-corrected chi connectivity index (χ3v) is 4.76. The molecular formula is C23H24O5. The number of methoxy groups -OCH3 is 1. The van der Waals surface area contributed by atoms with E-state index >= 15 is 0 Å². The van der Waals surface area contributed by atoms with E-state index in [0.717, 1.165) is 30.2 Å². The predicted octanol–water partition coefficient (Wildman–Crippen LogP) is 4.74. The van der Waals surface area contributed by atoms with E-state index in [1.165, 1.54) is 7.11 Å². The van der Waals surface area contributed by atoms with Crippen LogP contribution >= 0.6 is 0 Å². The van der Waals surface area contributed by atoms with Crippen LogP contribution in [0.15, 0.2) is 57.7 Å². The fourth-order valence-electron chi connectivity index (χ4n) is 3.22. The zero-order valence-corrected chi connectivity index (χ0v) is 16.4. The van der Waals surface area contributed by atoms with Gasteiger partial charge in [0.25, 0.3) is 0 Å². The molecule has 0 saturated heterocycles. The van der Waals surface area contributed by atoms with Crippen LogP contribution in [0.4, 0.5) is 0 Å². The second kappa shape index (κ2) is 8.74. The molecule has 0 amide bonds. The Labute approximate surface area is 163 Å². The highest BCUT2D eigenvalue weighted by Crippen LogP contribution is 2.32. The van der Waals surface area contributed by atoms with Crippen molar-refractivity contribution in [1.82, 2.24) is 0 Å². The van der Waals surface area contributed by atoms with Crippen molar-refractivity contribution in [3.05, 3.63) is 75.6 Å². The molecule has 1 unspecified atom stereocenters. The smallest absolute Gasteiger partial charge is 0.351 e. The molecule has 0 N–H and O–H groups in total. The number of hydrogen-bond donors (Lipinski definition) is 0. The quantitative estimate of drug-likeness (QED) is 0.438. The van der Waals surface area contributed by atoms with Crippen LogP contribution < -0.4 is 10.4 Å². The highest BCUT2D eigenvalue weighted by Gasteiger charge is 2.25. The number of esters is 1. The van der Waals surface area contributed by atoms with E-state index in [0.29, 0.717) is 22.5 Å². The highest BCUT2D eigenvalue weighted by molar-refractivity contribution is 5.85. The summed E-state index contributed by atoms with van der Waals surface area (Å²) in [5.41, 5.74) is 2.44. The van der Waals surface area contributed by atoms with E-state index in [-0.39, 0.29) is 5.63 Å². The van der Waals surface area contributed by atoms with Gasteiger partial charge in [0.1, 0.15) is 11.3 Å². The Morgan fingerprint density at radius 2 is 1.89 bits per heavy atom. The van der Waals surface area contributed by atoms with Crippen molar-refractivity contribution >= 4 is 16.9 Å². The molecule has 3 aromatic rings. The molecule has 0 radical (unpaired) electrons. The number of unbranched alkanes of at least 4 members (excludes halogenated alkanes) is 1. The van der Waals surface area contributed by atoms with Gasteiger partial charge in [-0.25, -0.2) is 9.59 Å². The first kappa shape index (κ1) is 19.7. The molecule has 2 aromatic carbocycles. The van der Waals surface area contributed by atoms with Crippen LogP contribution in [0.1, 0.15) is 42.6 Å². The Bertz CT molecular complexity index is 1020. The van der Waals surface area contributed by atoms with Gasteiger partial charge in [-0.15, -0.1) is 0 Å². The fraction of sp³-hybridized carbons (Fsp3) is 0.304. The summed E-state index contributed by atoms with van der Waals surface area (Å²) in [6.45, 7) is 3.94. The first-order valence-electron chi connectivity index (χ1n) is 9.41. The van der Waals surface area contributed by atoms with E-state index in [1.54, 1.807) is 18.2 Å². The summed E-state index contributed by atoms with van der Waals surface area (Å²) in [7, 11) is 1.33. The maximum atomic E-state index is 12.3. The van der Waals surface area contributed by atoms with Crippen LogP contribution in [0, 0.1) is 6.92 Å². The maximum Gasteiger partial charge on any atom is 0.351 e. The summed E-state index contributed by atoms with van der Waals surface area (Å²) in [5, 5.41) is 0.896. The minimum absolute atomic E-state index is 0.383. The predicted molar refractivity (Wildman–Crippen MR) is 108 cm³/mol. The van der Waals surface area contributed by atoms with E-state index in [1.807, 2.05) is 37.3 Å². The van der Waals surface area contributed by atoms with Crippen LogP contribution in [0.25, 0.3) is 11.0 Å². The topological polar surface area (TPSA) is 65.7 Å². The van der Waals surface area contributed by atoms with Crippen LogP contribution in [0.2, 0.25) is 0 Å². The lowest BCUT2D eigenvalue weighted by molar-refractivity contribution is -0.149. The molecule has 0 aliphatic carbocycles. The van der Waals surface area contributed by atoms with Crippen LogP contribution in [0.5, 0.6) is 5.75 Å². The molecule has 5 nitrogen and oxygen atoms in total. The van der Waals surface area contributed by atoms with Gasteiger partial charge < -0.3 is 13.9 Å². The molecule has 28 heavy (non-hydrogen) atoms. The fourth-order valence-corrected chi connectivity index (χ4v) is 3.22. The summed E-state index contributed by atoms with van der Waals surface area (Å²) in [4.78, 5) is 24.3. The van der Waals surface area contributed by atoms with Crippen molar-refractivity contribution in [2.75, 3.05) is 7.11 Å². The minimum atomic E-state index is -0.905. The molecule has 1 aromatic heterocycles. The van der Waals surface area contributed by atoms with Crippen molar-refractivity contribution in [3.63, 3.8) is 0 Å². The lowest BCUT2D eigenvalue weighted by atomic mass is 10.0. The monoisotopic (exact) mass is 380 g/mol. The third kappa shape index (κ3) is 4.09. The van der Waals surface area contributed by atoms with Crippen molar-refractivity contribution in [2.45, 2.75) is 39.2 Å². The molecule has 0 aliphatic rings. The summed E-state index contributed by atoms with van der Waals surface area (Å²) in [5.74, 6) is -0.0219. The summed E-state index contributed by atoms with van der Waals surface area (Å²) >= 11 is 0. The molecule has 0 fully saturated rings. The summed E-state index contributed by atoms with van der Waals surface area (Å²) in [6.07, 6.45) is 1.94. The van der Waals surface area contributed by atoms with Gasteiger partial charge in [-0.2, -0.15) is 0 Å². The molecule has 5 heteroatoms. The van der Waals surface area contributed by atoms with Gasteiger partial charge in [-0.3, -0.25) is 0 Å². The second-order valence-electron chi connectivity index (χ2n) is 6.69. The molecule has 0 bridgehead atoms. The largest absolute Gasteiger partial charge is 0.474 e. The van der Waals surface area contributed by atoms with Gasteiger partial charge >= 0.3 is 11.6 Å². The van der Waals surface area contributed by atoms with E-state index in [4.69, 9.17) is 13.9 Å². The van der Waals surface area contributed by atoms with Crippen molar-refractivity contribution < 1.29 is 18.7 Å². The Morgan fingerprint density at radius 1 is 1.14 bits per heavy atom. The second-order valence-corrected chi connectivity index (χ2v) is 6.69. The van der Waals surface area contributed by atoms with E-state index in [2.05, 4.69) is 6.92 Å². The van der Waals surface area contributed by atoms with Crippen LogP contribution in [0.3, 0.4) is 0 Å². The summed E-state index contributed by atoms with van der Waals surface area (Å²) < 4.78 is 16.4. The molecule has 1 heterocycles. The average molecular weight is 380 g/mol. The molecule has 146 valence electrons. The van der Waals surface area contributed by atoms with E-state index < -0.39 is 12.1 Å². The number of ether oxygens (including phenoxy) is 2. The van der Waals surface area contributed by atoms with Gasteiger partial charge in [-0.05, 0) is 37.5 Å². The molecule has 0 spiro atoms. The van der Waals surface area contributed by atoms with Gasteiger partial charge in [0, 0.05) is 22.6 Å². The lowest BCUT2D eigenvalue weighted by Gasteiger charge is -2.19. The zero-order chi connectivity index (χ0) is 20.1.